The van der Waals surface area contributed by atoms with Crippen molar-refractivity contribution < 1.29 is 18.3 Å². The van der Waals surface area contributed by atoms with Crippen LogP contribution in [0, 0.1) is 0 Å². The number of methoxy groups -OCH3 is 1. The number of sulfonamides is 1. The Balaban J connectivity index is 1.66. The van der Waals surface area contributed by atoms with E-state index in [1.165, 1.54) is 17.7 Å². The molecular weight excluding hydrogens is 440 g/mol. The maximum Gasteiger partial charge on any atom is 0.211 e. The first-order valence-corrected chi connectivity index (χ1v) is 12.1. The maximum atomic E-state index is 11.9. The van der Waals surface area contributed by atoms with Gasteiger partial charge < -0.3 is 19.1 Å². The minimum atomic E-state index is -3.19. The average Bonchev–Trinajstić information content (AvgIpc) is 3.16. The van der Waals surface area contributed by atoms with Crippen LogP contribution in [-0.2, 0) is 16.6 Å². The van der Waals surface area contributed by atoms with Gasteiger partial charge in [-0.05, 0) is 30.7 Å². The Morgan fingerprint density at radius 2 is 2.06 bits per heavy atom. The summed E-state index contributed by atoms with van der Waals surface area (Å²) in [6.07, 6.45) is 5.07. The molecule has 31 heavy (non-hydrogen) atoms. The van der Waals surface area contributed by atoms with E-state index < -0.39 is 10.0 Å². The number of aliphatic hydroxyl groups excluding tert-OH is 1. The van der Waals surface area contributed by atoms with E-state index in [-0.39, 0.29) is 12.6 Å². The number of pyridine rings is 1. The number of halogens is 1. The van der Waals surface area contributed by atoms with Crippen LogP contribution in [0.4, 0.5) is 5.69 Å². The molecule has 1 unspecified atom stereocenters. The average molecular weight is 465 g/mol. The SMILES string of the molecule is COc1cc(CO)c(-c2cn3ccc(N4CCN(S(C)(=O)=O)CC4C)cc3n2)cc1Cl. The van der Waals surface area contributed by atoms with Crippen molar-refractivity contribution in [2.75, 3.05) is 37.9 Å². The molecule has 0 aliphatic carbocycles. The molecule has 3 heterocycles. The molecule has 1 aliphatic heterocycles. The van der Waals surface area contributed by atoms with E-state index in [0.717, 1.165) is 16.9 Å². The van der Waals surface area contributed by atoms with Gasteiger partial charge in [0.2, 0.25) is 10.0 Å². The lowest BCUT2D eigenvalue weighted by molar-refractivity contribution is 0.281. The lowest BCUT2D eigenvalue weighted by atomic mass is 10.1. The highest BCUT2D eigenvalue weighted by Crippen LogP contribution is 2.34. The molecule has 0 spiro atoms. The maximum absolute atomic E-state index is 11.9. The van der Waals surface area contributed by atoms with Gasteiger partial charge in [-0.25, -0.2) is 13.4 Å². The highest BCUT2D eigenvalue weighted by Gasteiger charge is 2.29. The molecule has 0 amide bonds. The van der Waals surface area contributed by atoms with Crippen molar-refractivity contribution in [3.05, 3.63) is 47.2 Å². The number of piperazine rings is 1. The highest BCUT2D eigenvalue weighted by molar-refractivity contribution is 7.88. The zero-order chi connectivity index (χ0) is 22.3. The quantitative estimate of drug-likeness (QED) is 0.624. The molecule has 2 aromatic heterocycles. The second kappa shape index (κ2) is 8.31. The van der Waals surface area contributed by atoms with Crippen molar-refractivity contribution in [3.8, 4) is 17.0 Å². The third-order valence-electron chi connectivity index (χ3n) is 5.66. The molecule has 1 atom stereocenters. The van der Waals surface area contributed by atoms with Gasteiger partial charge in [-0.1, -0.05) is 11.6 Å². The molecule has 1 fully saturated rings. The fourth-order valence-electron chi connectivity index (χ4n) is 4.01. The van der Waals surface area contributed by atoms with Gasteiger partial charge in [-0.3, -0.25) is 0 Å². The molecule has 0 saturated carbocycles. The number of rotatable bonds is 5. The molecule has 1 saturated heterocycles. The number of hydrogen-bond acceptors (Lipinski definition) is 6. The molecule has 0 bridgehead atoms. The summed E-state index contributed by atoms with van der Waals surface area (Å²) < 4.78 is 32.4. The third-order valence-corrected chi connectivity index (χ3v) is 7.22. The van der Waals surface area contributed by atoms with Crippen LogP contribution in [0.15, 0.2) is 36.7 Å². The van der Waals surface area contributed by atoms with Crippen LogP contribution in [0.5, 0.6) is 5.75 Å². The van der Waals surface area contributed by atoms with Crippen LogP contribution in [0.3, 0.4) is 0 Å². The van der Waals surface area contributed by atoms with Gasteiger partial charge in [0.15, 0.2) is 0 Å². The third kappa shape index (κ3) is 4.23. The number of aliphatic hydroxyl groups is 1. The monoisotopic (exact) mass is 464 g/mol. The Morgan fingerprint density at radius 3 is 2.71 bits per heavy atom. The lowest BCUT2D eigenvalue weighted by Crippen LogP contribution is -2.53. The van der Waals surface area contributed by atoms with E-state index in [9.17, 15) is 13.5 Å². The standard InChI is InChI=1S/C21H25ClN4O4S/c1-14-11-25(31(3,28)29)6-7-26(14)16-4-5-24-12-19(23-21(24)9-16)17-10-18(22)20(30-2)8-15(17)13-27/h4-5,8-10,12,14,27H,6-7,11,13H2,1-3H3. The molecule has 3 aromatic rings. The van der Waals surface area contributed by atoms with E-state index in [4.69, 9.17) is 21.3 Å². The Bertz CT molecular complexity index is 1230. The second-order valence-electron chi connectivity index (χ2n) is 7.74. The molecule has 10 heteroatoms. The summed E-state index contributed by atoms with van der Waals surface area (Å²) >= 11 is 6.30. The van der Waals surface area contributed by atoms with Crippen LogP contribution >= 0.6 is 11.6 Å². The van der Waals surface area contributed by atoms with E-state index in [1.807, 2.05) is 35.9 Å². The number of nitrogens with zero attached hydrogens (tertiary/aromatic N) is 4. The van der Waals surface area contributed by atoms with Crippen molar-refractivity contribution in [1.82, 2.24) is 13.7 Å². The summed E-state index contributed by atoms with van der Waals surface area (Å²) in [6.45, 7) is 3.38. The van der Waals surface area contributed by atoms with Gasteiger partial charge in [-0.2, -0.15) is 4.31 Å². The first kappa shape index (κ1) is 21.9. The number of anilines is 1. The minimum Gasteiger partial charge on any atom is -0.495 e. The topological polar surface area (TPSA) is 87.4 Å². The number of benzene rings is 1. The van der Waals surface area contributed by atoms with Gasteiger partial charge in [0.25, 0.3) is 0 Å². The van der Waals surface area contributed by atoms with Crippen LogP contribution in [0.1, 0.15) is 12.5 Å². The number of fused-ring (bicyclic) bond motifs is 1. The highest BCUT2D eigenvalue weighted by atomic mass is 35.5. The van der Waals surface area contributed by atoms with Gasteiger partial charge in [0.05, 0.1) is 30.7 Å². The fourth-order valence-corrected chi connectivity index (χ4v) is 5.15. The first-order valence-electron chi connectivity index (χ1n) is 9.89. The zero-order valence-corrected chi connectivity index (χ0v) is 19.2. The molecule has 8 nitrogen and oxygen atoms in total. The summed E-state index contributed by atoms with van der Waals surface area (Å²) in [6, 6.07) is 7.50. The molecule has 1 N–H and O–H groups in total. The number of ether oxygens (including phenoxy) is 1. The summed E-state index contributed by atoms with van der Waals surface area (Å²) in [7, 11) is -1.66. The van der Waals surface area contributed by atoms with Crippen LogP contribution in [-0.4, -0.2) is 66.3 Å². The van der Waals surface area contributed by atoms with E-state index >= 15 is 0 Å². The Morgan fingerprint density at radius 1 is 1.29 bits per heavy atom. The van der Waals surface area contributed by atoms with E-state index in [1.54, 1.807) is 12.1 Å². The molecular formula is C21H25ClN4O4S. The van der Waals surface area contributed by atoms with Crippen molar-refractivity contribution in [2.24, 2.45) is 0 Å². The Hall–Kier alpha value is -2.33. The predicted octanol–water partition coefficient (Wildman–Crippen LogP) is 2.63. The lowest BCUT2D eigenvalue weighted by Gasteiger charge is -2.40. The van der Waals surface area contributed by atoms with Gasteiger partial charge in [0, 0.05) is 55.4 Å². The summed E-state index contributed by atoms with van der Waals surface area (Å²) in [5, 5.41) is 10.2. The van der Waals surface area contributed by atoms with Gasteiger partial charge in [-0.15, -0.1) is 0 Å². The molecule has 4 rings (SSSR count). The Kier molecular flexibility index (Phi) is 5.87. The van der Waals surface area contributed by atoms with Crippen LogP contribution in [0.25, 0.3) is 16.9 Å². The van der Waals surface area contributed by atoms with Gasteiger partial charge >= 0.3 is 0 Å². The summed E-state index contributed by atoms with van der Waals surface area (Å²) in [4.78, 5) is 6.94. The zero-order valence-electron chi connectivity index (χ0n) is 17.6. The smallest absolute Gasteiger partial charge is 0.211 e. The second-order valence-corrected chi connectivity index (χ2v) is 10.1. The van der Waals surface area contributed by atoms with Gasteiger partial charge in [0.1, 0.15) is 11.4 Å². The summed E-state index contributed by atoms with van der Waals surface area (Å²) in [5.74, 6) is 0.503. The van der Waals surface area contributed by atoms with E-state index in [0.29, 0.717) is 41.7 Å². The van der Waals surface area contributed by atoms with Crippen molar-refractivity contribution >= 4 is 33.0 Å². The molecule has 166 valence electrons. The van der Waals surface area contributed by atoms with Crippen LogP contribution < -0.4 is 9.64 Å². The van der Waals surface area contributed by atoms with Crippen molar-refractivity contribution in [1.29, 1.82) is 0 Å². The molecule has 0 radical (unpaired) electrons. The molecule has 1 aliphatic rings. The fraction of sp³-hybridized carbons (Fsp3) is 0.381. The number of imidazole rings is 1. The minimum absolute atomic E-state index is 0.0433. The number of aromatic nitrogens is 2. The largest absolute Gasteiger partial charge is 0.495 e. The predicted molar refractivity (Wildman–Crippen MR) is 121 cm³/mol. The number of hydrogen-bond donors (Lipinski definition) is 1. The van der Waals surface area contributed by atoms with Crippen LogP contribution in [0.2, 0.25) is 5.02 Å². The Labute approximate surface area is 186 Å². The first-order chi connectivity index (χ1) is 14.7. The van der Waals surface area contributed by atoms with Crippen molar-refractivity contribution in [2.45, 2.75) is 19.6 Å². The summed E-state index contributed by atoms with van der Waals surface area (Å²) in [5.41, 5.74) is 3.85. The molecule has 1 aromatic carbocycles. The normalized spacial score (nSPS) is 18.0. The van der Waals surface area contributed by atoms with E-state index in [2.05, 4.69) is 4.90 Å². The van der Waals surface area contributed by atoms with Crippen molar-refractivity contribution in [3.63, 3.8) is 0 Å².